The van der Waals surface area contributed by atoms with Crippen LogP contribution in [-0.2, 0) is 9.53 Å². The molecule has 0 fully saturated rings. The fraction of sp³-hybridized carbons (Fsp3) is 0.0667. The van der Waals surface area contributed by atoms with Crippen LogP contribution in [0.3, 0.4) is 0 Å². The number of carboxylic acid groups (broad SMARTS) is 1. The zero-order valence-electron chi connectivity index (χ0n) is 10.3. The third-order valence-corrected chi connectivity index (χ3v) is 2.40. The van der Waals surface area contributed by atoms with Gasteiger partial charge in [0.15, 0.2) is 0 Å². The topological polar surface area (TPSA) is 63.6 Å². The minimum absolute atomic E-state index is 0.0316. The van der Waals surface area contributed by atoms with Crippen molar-refractivity contribution in [2.24, 2.45) is 0 Å². The molecular weight excluding hydrogens is 244 g/mol. The Labute approximate surface area is 111 Å². The Hall–Kier alpha value is -2.62. The number of carbonyl (C=O) groups is 2. The Morgan fingerprint density at radius 2 is 1.79 bits per heavy atom. The molecule has 98 valence electrons. The fourth-order valence-corrected chi connectivity index (χ4v) is 1.40. The maximum absolute atomic E-state index is 11.7. The van der Waals surface area contributed by atoms with Crippen LogP contribution in [0.25, 0.3) is 0 Å². The number of benzene rings is 1. The molecule has 0 aromatic heterocycles. The highest BCUT2D eigenvalue weighted by Crippen LogP contribution is 2.10. The highest BCUT2D eigenvalue weighted by Gasteiger charge is 2.12. The van der Waals surface area contributed by atoms with E-state index in [0.717, 1.165) is 0 Å². The van der Waals surface area contributed by atoms with E-state index in [0.29, 0.717) is 11.1 Å². The minimum atomic E-state index is -1.14. The molecule has 1 rings (SSSR count). The molecule has 0 spiro atoms. The van der Waals surface area contributed by atoms with Crippen molar-refractivity contribution in [2.45, 2.75) is 0 Å². The van der Waals surface area contributed by atoms with E-state index in [9.17, 15) is 9.59 Å². The molecule has 0 aliphatic carbocycles. The van der Waals surface area contributed by atoms with Crippen molar-refractivity contribution in [3.05, 3.63) is 72.4 Å². The second-order valence-electron chi connectivity index (χ2n) is 3.59. The standard InChI is InChI=1S/C15H14O4/c1-3-11(13(4-2)14(16)17)10-19-15(18)12-8-6-5-7-9-12/h3-9H,1-2,10H2,(H,16,17)/b13-11-. The molecule has 0 atom stereocenters. The lowest BCUT2D eigenvalue weighted by atomic mass is 10.1. The van der Waals surface area contributed by atoms with Crippen molar-refractivity contribution >= 4 is 11.9 Å². The molecule has 0 heterocycles. The molecule has 0 unspecified atom stereocenters. The van der Waals surface area contributed by atoms with Crippen molar-refractivity contribution < 1.29 is 19.4 Å². The van der Waals surface area contributed by atoms with E-state index >= 15 is 0 Å². The zero-order chi connectivity index (χ0) is 14.3. The molecule has 19 heavy (non-hydrogen) atoms. The SMILES string of the molecule is C=C/C(COC(=O)c1ccccc1)=C(\C=C)C(=O)O. The molecule has 0 saturated heterocycles. The zero-order valence-corrected chi connectivity index (χ0v) is 10.3. The summed E-state index contributed by atoms with van der Waals surface area (Å²) in [5, 5.41) is 8.94. The summed E-state index contributed by atoms with van der Waals surface area (Å²) < 4.78 is 5.03. The van der Waals surface area contributed by atoms with E-state index in [1.165, 1.54) is 12.2 Å². The van der Waals surface area contributed by atoms with Gasteiger partial charge < -0.3 is 9.84 Å². The second kappa shape index (κ2) is 6.96. The maximum atomic E-state index is 11.7. The van der Waals surface area contributed by atoms with Gasteiger partial charge in [-0.3, -0.25) is 0 Å². The Balaban J connectivity index is 2.80. The number of hydrogen-bond acceptors (Lipinski definition) is 3. The molecule has 0 radical (unpaired) electrons. The van der Waals surface area contributed by atoms with Crippen LogP contribution >= 0.6 is 0 Å². The van der Waals surface area contributed by atoms with Crippen LogP contribution in [0.2, 0.25) is 0 Å². The average molecular weight is 258 g/mol. The Morgan fingerprint density at radius 1 is 1.16 bits per heavy atom. The van der Waals surface area contributed by atoms with Gasteiger partial charge in [-0.2, -0.15) is 0 Å². The van der Waals surface area contributed by atoms with Gasteiger partial charge in [-0.05, 0) is 12.1 Å². The lowest BCUT2D eigenvalue weighted by Gasteiger charge is -2.07. The molecule has 0 bridgehead atoms. The number of carboxylic acids is 1. The quantitative estimate of drug-likeness (QED) is 0.484. The van der Waals surface area contributed by atoms with Crippen molar-refractivity contribution in [3.63, 3.8) is 0 Å². The highest BCUT2D eigenvalue weighted by molar-refractivity contribution is 5.92. The number of ether oxygens (including phenoxy) is 1. The molecule has 4 nitrogen and oxygen atoms in total. The minimum Gasteiger partial charge on any atom is -0.478 e. The Morgan fingerprint density at radius 3 is 2.26 bits per heavy atom. The van der Waals surface area contributed by atoms with Gasteiger partial charge in [-0.15, -0.1) is 0 Å². The monoisotopic (exact) mass is 258 g/mol. The van der Waals surface area contributed by atoms with Crippen LogP contribution in [0, 0.1) is 0 Å². The first-order valence-corrected chi connectivity index (χ1v) is 5.53. The first-order chi connectivity index (χ1) is 9.10. The third-order valence-electron chi connectivity index (χ3n) is 2.40. The molecule has 0 aliphatic rings. The van der Waals surface area contributed by atoms with Crippen LogP contribution < -0.4 is 0 Å². The summed E-state index contributed by atoms with van der Waals surface area (Å²) in [6.45, 7) is 6.75. The van der Waals surface area contributed by atoms with Crippen molar-refractivity contribution in [3.8, 4) is 0 Å². The number of hydrogen-bond donors (Lipinski definition) is 1. The first-order valence-electron chi connectivity index (χ1n) is 5.53. The van der Waals surface area contributed by atoms with Gasteiger partial charge in [-0.25, -0.2) is 9.59 Å². The van der Waals surface area contributed by atoms with Gasteiger partial charge >= 0.3 is 11.9 Å². The number of esters is 1. The molecule has 0 aliphatic heterocycles. The summed E-state index contributed by atoms with van der Waals surface area (Å²) in [5.41, 5.74) is 0.670. The second-order valence-corrected chi connectivity index (χ2v) is 3.59. The lowest BCUT2D eigenvalue weighted by molar-refractivity contribution is -0.132. The third kappa shape index (κ3) is 3.96. The molecule has 0 amide bonds. The summed E-state index contributed by atoms with van der Waals surface area (Å²) in [6.07, 6.45) is 2.53. The van der Waals surface area contributed by atoms with Crippen LogP contribution in [0.5, 0.6) is 0 Å². The molecule has 0 saturated carbocycles. The van der Waals surface area contributed by atoms with Crippen molar-refractivity contribution in [1.29, 1.82) is 0 Å². The predicted molar refractivity (Wildman–Crippen MR) is 71.8 cm³/mol. The van der Waals surface area contributed by atoms with Gasteiger partial charge in [0.1, 0.15) is 6.61 Å². The molecule has 1 N–H and O–H groups in total. The van der Waals surface area contributed by atoms with Crippen LogP contribution in [0.1, 0.15) is 10.4 Å². The number of carbonyl (C=O) groups excluding carboxylic acids is 1. The summed E-state index contributed by atoms with van der Waals surface area (Å²) in [7, 11) is 0. The largest absolute Gasteiger partial charge is 0.478 e. The van der Waals surface area contributed by atoms with Crippen molar-refractivity contribution in [1.82, 2.24) is 0 Å². The Kier molecular flexibility index (Phi) is 5.29. The van der Waals surface area contributed by atoms with E-state index in [1.54, 1.807) is 30.3 Å². The molecular formula is C15H14O4. The van der Waals surface area contributed by atoms with Crippen LogP contribution in [-0.4, -0.2) is 23.7 Å². The van der Waals surface area contributed by atoms with E-state index in [1.807, 2.05) is 0 Å². The van der Waals surface area contributed by atoms with Gasteiger partial charge in [0.05, 0.1) is 11.1 Å². The van der Waals surface area contributed by atoms with E-state index in [2.05, 4.69) is 13.2 Å². The van der Waals surface area contributed by atoms with Gasteiger partial charge in [0.2, 0.25) is 0 Å². The summed E-state index contributed by atoms with van der Waals surface area (Å²) in [5.74, 6) is -1.66. The average Bonchev–Trinajstić information content (AvgIpc) is 2.43. The van der Waals surface area contributed by atoms with Crippen LogP contribution in [0.15, 0.2) is 66.8 Å². The maximum Gasteiger partial charge on any atom is 0.338 e. The van der Waals surface area contributed by atoms with Gasteiger partial charge in [-0.1, -0.05) is 43.5 Å². The van der Waals surface area contributed by atoms with Gasteiger partial charge in [0.25, 0.3) is 0 Å². The molecule has 1 aromatic rings. The molecule has 4 heteroatoms. The number of rotatable bonds is 6. The summed E-state index contributed by atoms with van der Waals surface area (Å²) in [4.78, 5) is 22.6. The molecule has 1 aromatic carbocycles. The smallest absolute Gasteiger partial charge is 0.338 e. The summed E-state index contributed by atoms with van der Waals surface area (Å²) >= 11 is 0. The van der Waals surface area contributed by atoms with E-state index in [-0.39, 0.29) is 12.2 Å². The normalized spacial score (nSPS) is 11.2. The van der Waals surface area contributed by atoms with Crippen molar-refractivity contribution in [2.75, 3.05) is 6.61 Å². The van der Waals surface area contributed by atoms with E-state index in [4.69, 9.17) is 9.84 Å². The summed E-state index contributed by atoms with van der Waals surface area (Å²) in [6, 6.07) is 8.45. The van der Waals surface area contributed by atoms with E-state index < -0.39 is 11.9 Å². The highest BCUT2D eigenvalue weighted by atomic mass is 16.5. The lowest BCUT2D eigenvalue weighted by Crippen LogP contribution is -2.10. The van der Waals surface area contributed by atoms with Gasteiger partial charge in [0, 0.05) is 5.57 Å². The first kappa shape index (κ1) is 14.4. The Bertz CT molecular complexity index is 526. The fourth-order valence-electron chi connectivity index (χ4n) is 1.40. The van der Waals surface area contributed by atoms with Crippen LogP contribution in [0.4, 0.5) is 0 Å². The predicted octanol–water partition coefficient (Wildman–Crippen LogP) is 2.60. The number of aliphatic carboxylic acids is 1.